The van der Waals surface area contributed by atoms with Crippen LogP contribution < -0.4 is 0 Å². The van der Waals surface area contributed by atoms with Crippen LogP contribution in [0.2, 0.25) is 0 Å². The summed E-state index contributed by atoms with van der Waals surface area (Å²) in [4.78, 5) is 22.1. The number of hydrogen-bond acceptors (Lipinski definition) is 6. The minimum Gasteiger partial charge on any atom is -0.498 e. The maximum atomic E-state index is 11.3. The van der Waals surface area contributed by atoms with Gasteiger partial charge in [0.1, 0.15) is 18.0 Å². The van der Waals surface area contributed by atoms with Crippen molar-refractivity contribution < 1.29 is 34.0 Å². The Kier molecular flexibility index (Phi) is 5.36. The second-order valence-electron chi connectivity index (χ2n) is 5.04. The van der Waals surface area contributed by atoms with Gasteiger partial charge in [-0.25, -0.2) is 4.79 Å². The van der Waals surface area contributed by atoms with E-state index in [4.69, 9.17) is 19.3 Å². The van der Waals surface area contributed by atoms with Crippen LogP contribution in [0, 0.1) is 0 Å². The summed E-state index contributed by atoms with van der Waals surface area (Å²) in [5.41, 5.74) is 0.878. The molecule has 0 spiro atoms. The molecule has 4 atom stereocenters. The fourth-order valence-electron chi connectivity index (χ4n) is 2.34. The molecule has 2 rings (SSSR count). The number of esters is 1. The predicted molar refractivity (Wildman–Crippen MR) is 78.3 cm³/mol. The molecule has 124 valence electrons. The Morgan fingerprint density at radius 3 is 2.48 bits per heavy atom. The molecule has 0 aliphatic carbocycles. The van der Waals surface area contributed by atoms with Gasteiger partial charge in [-0.1, -0.05) is 30.3 Å². The molecule has 23 heavy (non-hydrogen) atoms. The average Bonchev–Trinajstić information content (AvgIpc) is 3.30. The standard InChI is InChI=1S/C16H18O7/c1-9(17)22-15(13(20)11(21-2)8-12(18)19)16-14(23-16)10-6-4-3-5-7-10/h3-8,13-16,20H,1-2H3,(H,18,19)/t13-,14+,15-,16-/m1/s1. The van der Waals surface area contributed by atoms with Crippen LogP contribution in [0.3, 0.4) is 0 Å². The van der Waals surface area contributed by atoms with Crippen molar-refractivity contribution in [2.75, 3.05) is 7.11 Å². The molecule has 0 aromatic heterocycles. The first-order valence-electron chi connectivity index (χ1n) is 6.98. The molecule has 0 bridgehead atoms. The van der Waals surface area contributed by atoms with Crippen molar-refractivity contribution in [3.8, 4) is 0 Å². The minimum absolute atomic E-state index is 0.217. The molecule has 0 radical (unpaired) electrons. The van der Waals surface area contributed by atoms with E-state index in [9.17, 15) is 14.7 Å². The van der Waals surface area contributed by atoms with E-state index in [0.29, 0.717) is 0 Å². The lowest BCUT2D eigenvalue weighted by atomic mass is 10.0. The lowest BCUT2D eigenvalue weighted by molar-refractivity contribution is -0.153. The first-order chi connectivity index (χ1) is 10.9. The quantitative estimate of drug-likeness (QED) is 0.334. The second-order valence-corrected chi connectivity index (χ2v) is 5.04. The first kappa shape index (κ1) is 17.0. The van der Waals surface area contributed by atoms with Crippen molar-refractivity contribution in [2.45, 2.75) is 31.3 Å². The highest BCUT2D eigenvalue weighted by molar-refractivity contribution is 5.80. The van der Waals surface area contributed by atoms with Gasteiger partial charge in [-0.2, -0.15) is 0 Å². The summed E-state index contributed by atoms with van der Waals surface area (Å²) >= 11 is 0. The summed E-state index contributed by atoms with van der Waals surface area (Å²) < 4.78 is 15.5. The van der Waals surface area contributed by atoms with Gasteiger partial charge in [0, 0.05) is 6.92 Å². The average molecular weight is 322 g/mol. The molecule has 1 fully saturated rings. The van der Waals surface area contributed by atoms with Crippen molar-refractivity contribution in [1.82, 2.24) is 0 Å². The number of aliphatic hydroxyl groups excluding tert-OH is 1. The molecule has 1 aliphatic rings. The number of carbonyl (C=O) groups is 2. The topological polar surface area (TPSA) is 106 Å². The number of carbonyl (C=O) groups excluding carboxylic acids is 1. The second kappa shape index (κ2) is 7.26. The van der Waals surface area contributed by atoms with Crippen LogP contribution in [0.15, 0.2) is 42.2 Å². The minimum atomic E-state index is -1.45. The summed E-state index contributed by atoms with van der Waals surface area (Å²) in [5.74, 6) is -2.10. The fraction of sp³-hybridized carbons (Fsp3) is 0.375. The van der Waals surface area contributed by atoms with E-state index >= 15 is 0 Å². The number of benzene rings is 1. The van der Waals surface area contributed by atoms with Crippen molar-refractivity contribution in [3.63, 3.8) is 0 Å². The number of ether oxygens (including phenoxy) is 3. The van der Waals surface area contributed by atoms with E-state index in [0.717, 1.165) is 11.6 Å². The molecular weight excluding hydrogens is 304 g/mol. The van der Waals surface area contributed by atoms with Gasteiger partial charge < -0.3 is 24.4 Å². The third kappa shape index (κ3) is 4.30. The number of hydrogen-bond donors (Lipinski definition) is 2. The maximum Gasteiger partial charge on any atom is 0.331 e. The van der Waals surface area contributed by atoms with E-state index in [2.05, 4.69) is 0 Å². The normalized spacial score (nSPS) is 22.8. The van der Waals surface area contributed by atoms with Gasteiger partial charge in [0.25, 0.3) is 0 Å². The predicted octanol–water partition coefficient (Wildman–Crippen LogP) is 1.03. The monoisotopic (exact) mass is 322 g/mol. The number of aliphatic hydroxyl groups is 1. The van der Waals surface area contributed by atoms with Gasteiger partial charge in [-0.3, -0.25) is 4.79 Å². The highest BCUT2D eigenvalue weighted by Crippen LogP contribution is 2.43. The van der Waals surface area contributed by atoms with Crippen LogP contribution in [-0.4, -0.2) is 47.6 Å². The van der Waals surface area contributed by atoms with Gasteiger partial charge in [-0.15, -0.1) is 0 Å². The van der Waals surface area contributed by atoms with Gasteiger partial charge >= 0.3 is 11.9 Å². The summed E-state index contributed by atoms with van der Waals surface area (Å²) in [5, 5.41) is 19.1. The van der Waals surface area contributed by atoms with Crippen LogP contribution in [-0.2, 0) is 23.8 Å². The Labute approximate surface area is 133 Å². The Bertz CT molecular complexity index is 596. The summed E-state index contributed by atoms with van der Waals surface area (Å²) in [7, 11) is 1.23. The van der Waals surface area contributed by atoms with Crippen LogP contribution in [0.25, 0.3) is 0 Å². The highest BCUT2D eigenvalue weighted by Gasteiger charge is 2.51. The van der Waals surface area contributed by atoms with Gasteiger partial charge in [-0.05, 0) is 5.56 Å². The molecule has 1 heterocycles. The summed E-state index contributed by atoms with van der Waals surface area (Å²) in [6.07, 6.45) is -2.70. The molecule has 1 saturated heterocycles. The largest absolute Gasteiger partial charge is 0.498 e. The molecule has 2 N–H and O–H groups in total. The van der Waals surface area contributed by atoms with E-state index in [1.54, 1.807) is 0 Å². The zero-order chi connectivity index (χ0) is 17.0. The molecule has 1 aromatic carbocycles. The van der Waals surface area contributed by atoms with E-state index < -0.39 is 30.3 Å². The Morgan fingerprint density at radius 1 is 1.30 bits per heavy atom. The van der Waals surface area contributed by atoms with Crippen molar-refractivity contribution in [3.05, 3.63) is 47.7 Å². The highest BCUT2D eigenvalue weighted by atomic mass is 16.6. The van der Waals surface area contributed by atoms with Gasteiger partial charge in [0.05, 0.1) is 13.2 Å². The van der Waals surface area contributed by atoms with Crippen molar-refractivity contribution in [1.29, 1.82) is 0 Å². The molecule has 0 saturated carbocycles. The Hall–Kier alpha value is -2.38. The summed E-state index contributed by atoms with van der Waals surface area (Å²) in [6, 6.07) is 9.25. The number of rotatable bonds is 7. The lowest BCUT2D eigenvalue weighted by Crippen LogP contribution is -2.37. The van der Waals surface area contributed by atoms with E-state index in [1.807, 2.05) is 30.3 Å². The Balaban J connectivity index is 2.18. The molecule has 7 heteroatoms. The number of carboxylic acids is 1. The lowest BCUT2D eigenvalue weighted by Gasteiger charge is -2.22. The number of epoxide rings is 1. The number of aliphatic carboxylic acids is 1. The SMILES string of the molecule is COC(=CC(=O)O)[C@@H](O)[C@@H](OC(C)=O)[C@@H]1O[C@H]1c1ccccc1. The number of carboxylic acid groups (broad SMARTS) is 1. The summed E-state index contributed by atoms with van der Waals surface area (Å²) in [6.45, 7) is 1.20. The maximum absolute atomic E-state index is 11.3. The van der Waals surface area contributed by atoms with Crippen LogP contribution >= 0.6 is 0 Å². The van der Waals surface area contributed by atoms with Crippen LogP contribution in [0.5, 0.6) is 0 Å². The molecule has 1 aromatic rings. The fourth-order valence-corrected chi connectivity index (χ4v) is 2.34. The van der Waals surface area contributed by atoms with Crippen molar-refractivity contribution in [2.24, 2.45) is 0 Å². The molecule has 1 aliphatic heterocycles. The molecule has 7 nitrogen and oxygen atoms in total. The van der Waals surface area contributed by atoms with Crippen molar-refractivity contribution >= 4 is 11.9 Å². The first-order valence-corrected chi connectivity index (χ1v) is 6.98. The molecule has 0 amide bonds. The number of methoxy groups -OCH3 is 1. The van der Waals surface area contributed by atoms with Crippen LogP contribution in [0.4, 0.5) is 0 Å². The zero-order valence-electron chi connectivity index (χ0n) is 12.7. The van der Waals surface area contributed by atoms with Gasteiger partial charge in [0.15, 0.2) is 12.2 Å². The third-order valence-electron chi connectivity index (χ3n) is 3.38. The Morgan fingerprint density at radius 2 is 1.96 bits per heavy atom. The van der Waals surface area contributed by atoms with E-state index in [1.165, 1.54) is 14.0 Å². The zero-order valence-corrected chi connectivity index (χ0v) is 12.7. The van der Waals surface area contributed by atoms with Gasteiger partial charge in [0.2, 0.25) is 0 Å². The van der Waals surface area contributed by atoms with E-state index in [-0.39, 0.29) is 11.9 Å². The smallest absolute Gasteiger partial charge is 0.331 e. The van der Waals surface area contributed by atoms with Crippen LogP contribution in [0.1, 0.15) is 18.6 Å². The molecular formula is C16H18O7. The third-order valence-corrected chi connectivity index (χ3v) is 3.38. The molecule has 0 unspecified atom stereocenters.